The van der Waals surface area contributed by atoms with Crippen LogP contribution in [0.2, 0.25) is 0 Å². The molecular weight excluding hydrogens is 417 g/mol. The van der Waals surface area contributed by atoms with Crippen LogP contribution in [-0.4, -0.2) is 30.3 Å². The lowest BCUT2D eigenvalue weighted by Gasteiger charge is -2.15. The van der Waals surface area contributed by atoms with Crippen molar-refractivity contribution in [3.63, 3.8) is 0 Å². The second-order valence-electron chi connectivity index (χ2n) is 6.94. The van der Waals surface area contributed by atoms with E-state index in [4.69, 9.17) is 0 Å². The zero-order chi connectivity index (χ0) is 22.0. The predicted molar refractivity (Wildman–Crippen MR) is 118 cm³/mol. The molecule has 4 rings (SSSR count). The molecular formula is C22H20FN5O2S. The molecule has 0 unspecified atom stereocenters. The van der Waals surface area contributed by atoms with E-state index in [0.29, 0.717) is 17.3 Å². The van der Waals surface area contributed by atoms with Crippen molar-refractivity contribution in [3.05, 3.63) is 82.7 Å². The number of anilines is 1. The normalized spacial score (nSPS) is 12.1. The Morgan fingerprint density at radius 1 is 1.13 bits per heavy atom. The highest BCUT2D eigenvalue weighted by molar-refractivity contribution is 8.00. The van der Waals surface area contributed by atoms with Crippen LogP contribution in [0.3, 0.4) is 0 Å². The molecule has 1 N–H and O–H groups in total. The smallest absolute Gasteiger partial charge is 0.300 e. The summed E-state index contributed by atoms with van der Waals surface area (Å²) < 4.78 is 16.1. The zero-order valence-corrected chi connectivity index (χ0v) is 17.8. The first-order chi connectivity index (χ1) is 15.0. The van der Waals surface area contributed by atoms with E-state index in [-0.39, 0.29) is 22.9 Å². The lowest BCUT2D eigenvalue weighted by atomic mass is 10.2. The van der Waals surface area contributed by atoms with Gasteiger partial charge in [-0.3, -0.25) is 18.6 Å². The number of benzene rings is 2. The van der Waals surface area contributed by atoms with Crippen molar-refractivity contribution < 1.29 is 9.18 Å². The van der Waals surface area contributed by atoms with Crippen molar-refractivity contribution in [2.24, 2.45) is 0 Å². The van der Waals surface area contributed by atoms with E-state index in [1.807, 2.05) is 38.1 Å². The molecule has 9 heteroatoms. The summed E-state index contributed by atoms with van der Waals surface area (Å²) in [7, 11) is 0. The molecule has 7 nitrogen and oxygen atoms in total. The molecule has 0 radical (unpaired) electrons. The number of nitrogens with one attached hydrogen (secondary N) is 1. The number of aromatic nitrogens is 4. The number of carbonyl (C=O) groups excluding carboxylic acids is 1. The van der Waals surface area contributed by atoms with Crippen LogP contribution >= 0.6 is 11.8 Å². The minimum atomic E-state index is -0.411. The minimum absolute atomic E-state index is 0.128. The summed E-state index contributed by atoms with van der Waals surface area (Å²) in [6.45, 7) is 3.85. The highest BCUT2D eigenvalue weighted by atomic mass is 32.2. The molecule has 158 valence electrons. The summed E-state index contributed by atoms with van der Waals surface area (Å²) in [4.78, 5) is 25.7. The largest absolute Gasteiger partial charge is 0.325 e. The Morgan fingerprint density at radius 3 is 2.58 bits per heavy atom. The van der Waals surface area contributed by atoms with Gasteiger partial charge in [-0.1, -0.05) is 36.9 Å². The third kappa shape index (κ3) is 4.22. The van der Waals surface area contributed by atoms with E-state index in [9.17, 15) is 14.0 Å². The van der Waals surface area contributed by atoms with Gasteiger partial charge in [-0.15, -0.1) is 10.2 Å². The van der Waals surface area contributed by atoms with Gasteiger partial charge in [0, 0.05) is 23.8 Å². The molecule has 2 aromatic carbocycles. The lowest BCUT2D eigenvalue weighted by Crippen LogP contribution is -2.25. The standard InChI is InChI=1S/C22H20FN5O2S/c1-3-18(20(29)24-17-7-5-4-6-14(17)2)31-22-26-25-19-21(30)27(12-13-28(19)22)16-10-8-15(23)9-11-16/h4-13,18H,3H2,1-2H3,(H,24,29)/t18-/m0/s1. The van der Waals surface area contributed by atoms with Crippen LogP contribution in [0.15, 0.2) is 70.9 Å². The Balaban J connectivity index is 1.60. The molecule has 2 heterocycles. The second kappa shape index (κ2) is 8.73. The van der Waals surface area contributed by atoms with Gasteiger partial charge in [0.25, 0.3) is 0 Å². The maximum Gasteiger partial charge on any atom is 0.300 e. The van der Waals surface area contributed by atoms with Crippen molar-refractivity contribution in [1.29, 1.82) is 0 Å². The van der Waals surface area contributed by atoms with Crippen molar-refractivity contribution in [2.75, 3.05) is 5.32 Å². The first-order valence-electron chi connectivity index (χ1n) is 9.73. The topological polar surface area (TPSA) is 81.3 Å². The maximum absolute atomic E-state index is 13.2. The zero-order valence-electron chi connectivity index (χ0n) is 16.9. The first-order valence-corrected chi connectivity index (χ1v) is 10.6. The van der Waals surface area contributed by atoms with Gasteiger partial charge in [0.2, 0.25) is 11.6 Å². The SMILES string of the molecule is CC[C@H](Sc1nnc2c(=O)n(-c3ccc(F)cc3)ccn12)C(=O)Nc1ccccc1C. The number of para-hydroxylation sites is 1. The van der Waals surface area contributed by atoms with Crippen LogP contribution in [0.25, 0.3) is 11.3 Å². The summed E-state index contributed by atoms with van der Waals surface area (Å²) in [5.41, 5.74) is 2.01. The van der Waals surface area contributed by atoms with E-state index in [1.54, 1.807) is 16.8 Å². The highest BCUT2D eigenvalue weighted by Gasteiger charge is 2.22. The number of hydrogen-bond donors (Lipinski definition) is 1. The maximum atomic E-state index is 13.2. The molecule has 0 saturated heterocycles. The number of amides is 1. The third-order valence-corrected chi connectivity index (χ3v) is 6.18. The molecule has 4 aromatic rings. The lowest BCUT2D eigenvalue weighted by molar-refractivity contribution is -0.115. The van der Waals surface area contributed by atoms with Crippen LogP contribution in [0.4, 0.5) is 10.1 Å². The molecule has 1 atom stereocenters. The van der Waals surface area contributed by atoms with Crippen molar-refractivity contribution in [3.8, 4) is 5.69 Å². The Bertz CT molecular complexity index is 1300. The fraction of sp³-hybridized carbons (Fsp3) is 0.182. The Kier molecular flexibility index (Phi) is 5.85. The van der Waals surface area contributed by atoms with Gasteiger partial charge in [-0.05, 0) is 49.2 Å². The number of nitrogens with zero attached hydrogens (tertiary/aromatic N) is 4. The van der Waals surface area contributed by atoms with Gasteiger partial charge in [0.05, 0.1) is 5.25 Å². The third-order valence-electron chi connectivity index (χ3n) is 4.86. The molecule has 0 spiro atoms. The summed E-state index contributed by atoms with van der Waals surface area (Å²) in [6.07, 6.45) is 3.81. The number of thioether (sulfide) groups is 1. The van der Waals surface area contributed by atoms with E-state index >= 15 is 0 Å². The van der Waals surface area contributed by atoms with Gasteiger partial charge < -0.3 is 5.32 Å². The number of fused-ring (bicyclic) bond motifs is 1. The van der Waals surface area contributed by atoms with Crippen LogP contribution < -0.4 is 10.9 Å². The van der Waals surface area contributed by atoms with Gasteiger partial charge in [-0.25, -0.2) is 4.39 Å². The number of halogens is 1. The molecule has 0 saturated carbocycles. The molecule has 0 aliphatic carbocycles. The van der Waals surface area contributed by atoms with Crippen LogP contribution in [0.5, 0.6) is 0 Å². The number of aryl methyl sites for hydroxylation is 1. The van der Waals surface area contributed by atoms with Crippen LogP contribution in [0.1, 0.15) is 18.9 Å². The predicted octanol–water partition coefficient (Wildman–Crippen LogP) is 3.84. The molecule has 31 heavy (non-hydrogen) atoms. The number of rotatable bonds is 6. The molecule has 0 aliphatic rings. The summed E-state index contributed by atoms with van der Waals surface area (Å²) in [5.74, 6) is -0.521. The average Bonchev–Trinajstić information content (AvgIpc) is 3.18. The second-order valence-corrected chi connectivity index (χ2v) is 8.11. The summed E-state index contributed by atoms with van der Waals surface area (Å²) >= 11 is 1.25. The van der Waals surface area contributed by atoms with Gasteiger partial charge in [0.1, 0.15) is 5.82 Å². The monoisotopic (exact) mass is 437 g/mol. The number of carbonyl (C=O) groups is 1. The fourth-order valence-electron chi connectivity index (χ4n) is 3.13. The quantitative estimate of drug-likeness (QED) is 0.464. The van der Waals surface area contributed by atoms with Gasteiger partial charge >= 0.3 is 5.56 Å². The fourth-order valence-corrected chi connectivity index (χ4v) is 4.06. The first kappa shape index (κ1) is 20.8. The molecule has 0 fully saturated rings. The van der Waals surface area contributed by atoms with Crippen molar-refractivity contribution in [2.45, 2.75) is 30.7 Å². The van der Waals surface area contributed by atoms with Crippen molar-refractivity contribution in [1.82, 2.24) is 19.2 Å². The summed E-state index contributed by atoms with van der Waals surface area (Å²) in [5, 5.41) is 11.1. The van der Waals surface area contributed by atoms with Gasteiger partial charge in [0.15, 0.2) is 5.16 Å². The average molecular weight is 438 g/mol. The molecule has 0 bridgehead atoms. The van der Waals surface area contributed by atoms with E-state index in [0.717, 1.165) is 11.3 Å². The van der Waals surface area contributed by atoms with Crippen molar-refractivity contribution >= 4 is 29.0 Å². The minimum Gasteiger partial charge on any atom is -0.325 e. The highest BCUT2D eigenvalue weighted by Crippen LogP contribution is 2.26. The van der Waals surface area contributed by atoms with E-state index in [2.05, 4.69) is 15.5 Å². The Hall–Kier alpha value is -3.46. The summed E-state index contributed by atoms with van der Waals surface area (Å²) in [6, 6.07) is 13.2. The van der Waals surface area contributed by atoms with Gasteiger partial charge in [-0.2, -0.15) is 0 Å². The molecule has 1 amide bonds. The van der Waals surface area contributed by atoms with Crippen LogP contribution in [-0.2, 0) is 4.79 Å². The molecule has 2 aromatic heterocycles. The Labute approximate surface area is 181 Å². The Morgan fingerprint density at radius 2 is 1.87 bits per heavy atom. The van der Waals surface area contributed by atoms with Crippen LogP contribution in [0, 0.1) is 12.7 Å². The number of hydrogen-bond acceptors (Lipinski definition) is 5. The van der Waals surface area contributed by atoms with E-state index in [1.165, 1.54) is 40.6 Å². The molecule has 0 aliphatic heterocycles. The van der Waals surface area contributed by atoms with E-state index < -0.39 is 5.25 Å².